The van der Waals surface area contributed by atoms with Crippen molar-refractivity contribution in [1.29, 1.82) is 0 Å². The third-order valence-electron chi connectivity index (χ3n) is 6.06. The van der Waals surface area contributed by atoms with Crippen LogP contribution in [-0.2, 0) is 19.5 Å². The summed E-state index contributed by atoms with van der Waals surface area (Å²) in [5, 5.41) is 0.548. The largest absolute Gasteiger partial charge is 0.465 e. The second-order valence-corrected chi connectivity index (χ2v) is 9.83. The highest BCUT2D eigenvalue weighted by Crippen LogP contribution is 2.48. The first kappa shape index (κ1) is 23.1. The molecule has 35 heavy (non-hydrogen) atoms. The van der Waals surface area contributed by atoms with E-state index in [-0.39, 0.29) is 10.5 Å². The molecule has 0 aliphatic carbocycles. The van der Waals surface area contributed by atoms with Crippen LogP contribution in [0, 0.1) is 0 Å². The van der Waals surface area contributed by atoms with Gasteiger partial charge in [-0.3, -0.25) is 0 Å². The van der Waals surface area contributed by atoms with Gasteiger partial charge in [-0.25, -0.2) is 22.2 Å². The quantitative estimate of drug-likeness (QED) is 0.370. The minimum absolute atomic E-state index is 0.122. The van der Waals surface area contributed by atoms with E-state index in [0.29, 0.717) is 41.0 Å². The second-order valence-electron chi connectivity index (χ2n) is 8.04. The van der Waals surface area contributed by atoms with Crippen LogP contribution < -0.4 is 4.74 Å². The van der Waals surface area contributed by atoms with Crippen LogP contribution in [0.5, 0.6) is 5.75 Å². The molecule has 0 unspecified atom stereocenters. The van der Waals surface area contributed by atoms with Crippen molar-refractivity contribution in [2.24, 2.45) is 0 Å². The number of rotatable bonds is 6. The minimum atomic E-state index is -4.06. The standard InChI is InChI=1S/C26H24N2O6S/c1-3-33-22-16-21(18-12-7-8-13-19(18)26(29)32-2)23-24(34-22)20-14-9-15-27-25(20)28(23)35(30,31)17-10-5-4-6-11-17/h4-15,21-22H,3,16H2,1-2H3/t21-,22+/m0/s1. The topological polar surface area (TPSA) is 96.7 Å². The highest BCUT2D eigenvalue weighted by atomic mass is 32.2. The number of carbonyl (C=O) groups excluding carboxylic acids is 1. The van der Waals surface area contributed by atoms with Crippen molar-refractivity contribution in [2.45, 2.75) is 30.4 Å². The molecule has 2 aromatic heterocycles. The fourth-order valence-corrected chi connectivity index (χ4v) is 6.14. The smallest absolute Gasteiger partial charge is 0.338 e. The van der Waals surface area contributed by atoms with E-state index in [9.17, 15) is 13.2 Å². The number of esters is 1. The molecule has 3 heterocycles. The summed E-state index contributed by atoms with van der Waals surface area (Å²) >= 11 is 0. The molecule has 1 aliphatic rings. The third kappa shape index (κ3) is 3.86. The second kappa shape index (κ2) is 9.16. The monoisotopic (exact) mass is 492 g/mol. The lowest BCUT2D eigenvalue weighted by Crippen LogP contribution is -2.31. The Labute approximate surface area is 203 Å². The minimum Gasteiger partial charge on any atom is -0.465 e. The third-order valence-corrected chi connectivity index (χ3v) is 7.78. The predicted molar refractivity (Wildman–Crippen MR) is 129 cm³/mol. The van der Waals surface area contributed by atoms with Gasteiger partial charge in [0.25, 0.3) is 10.0 Å². The average molecular weight is 493 g/mol. The lowest BCUT2D eigenvalue weighted by molar-refractivity contribution is -0.0889. The van der Waals surface area contributed by atoms with E-state index in [1.165, 1.54) is 11.1 Å². The molecule has 9 heteroatoms. The maximum atomic E-state index is 14.0. The van der Waals surface area contributed by atoms with E-state index >= 15 is 0 Å². The summed E-state index contributed by atoms with van der Waals surface area (Å²) in [5.41, 5.74) is 1.62. The molecule has 0 bridgehead atoms. The summed E-state index contributed by atoms with van der Waals surface area (Å²) in [6.07, 6.45) is 1.21. The highest BCUT2D eigenvalue weighted by Gasteiger charge is 2.40. The van der Waals surface area contributed by atoms with Crippen molar-refractivity contribution >= 4 is 27.0 Å². The first-order valence-electron chi connectivity index (χ1n) is 11.2. The van der Waals surface area contributed by atoms with Crippen molar-refractivity contribution in [3.8, 4) is 5.75 Å². The molecule has 0 amide bonds. The molecule has 0 radical (unpaired) electrons. The van der Waals surface area contributed by atoms with Gasteiger partial charge in [-0.2, -0.15) is 0 Å². The summed E-state index contributed by atoms with van der Waals surface area (Å²) in [5.74, 6) is -0.673. The van der Waals surface area contributed by atoms with Crippen LogP contribution in [0.2, 0.25) is 0 Å². The fourth-order valence-electron chi connectivity index (χ4n) is 4.59. The zero-order valence-electron chi connectivity index (χ0n) is 19.2. The Morgan fingerprint density at radius 3 is 2.57 bits per heavy atom. The van der Waals surface area contributed by atoms with Gasteiger partial charge in [0, 0.05) is 25.1 Å². The van der Waals surface area contributed by atoms with Gasteiger partial charge < -0.3 is 14.2 Å². The molecule has 0 fully saturated rings. The molecule has 8 nitrogen and oxygen atoms in total. The average Bonchev–Trinajstić information content (AvgIpc) is 3.24. The number of fused-ring (bicyclic) bond motifs is 3. The zero-order valence-corrected chi connectivity index (χ0v) is 20.1. The van der Waals surface area contributed by atoms with Crippen molar-refractivity contribution in [3.63, 3.8) is 0 Å². The molecule has 0 saturated heterocycles. The SMILES string of the molecule is CCO[C@H]1C[C@@H](c2ccccc2C(=O)OC)c2c(c3cccnc3n2S(=O)(=O)c2ccccc2)O1. The van der Waals surface area contributed by atoms with Crippen LogP contribution in [-0.4, -0.2) is 43.4 Å². The lowest BCUT2D eigenvalue weighted by Gasteiger charge is -2.32. The van der Waals surface area contributed by atoms with Crippen LogP contribution >= 0.6 is 0 Å². The Morgan fingerprint density at radius 2 is 1.83 bits per heavy atom. The number of ether oxygens (including phenoxy) is 3. The summed E-state index contributed by atoms with van der Waals surface area (Å²) < 4.78 is 46.3. The first-order valence-corrected chi connectivity index (χ1v) is 12.7. The van der Waals surface area contributed by atoms with Crippen molar-refractivity contribution in [3.05, 3.63) is 89.7 Å². The summed E-state index contributed by atoms with van der Waals surface area (Å²) in [4.78, 5) is 17.2. The highest BCUT2D eigenvalue weighted by molar-refractivity contribution is 7.90. The Balaban J connectivity index is 1.84. The molecule has 0 spiro atoms. The number of hydrogen-bond acceptors (Lipinski definition) is 7. The van der Waals surface area contributed by atoms with Crippen molar-refractivity contribution in [1.82, 2.24) is 8.96 Å². The first-order chi connectivity index (χ1) is 17.0. The van der Waals surface area contributed by atoms with Gasteiger partial charge in [0.1, 0.15) is 0 Å². The summed E-state index contributed by atoms with van der Waals surface area (Å²) in [7, 11) is -2.74. The fraction of sp³-hybridized carbons (Fsp3) is 0.231. The Morgan fingerprint density at radius 1 is 1.09 bits per heavy atom. The van der Waals surface area contributed by atoms with Gasteiger partial charge in [0.05, 0.1) is 28.6 Å². The molecular weight excluding hydrogens is 468 g/mol. The van der Waals surface area contributed by atoms with Gasteiger partial charge in [-0.15, -0.1) is 0 Å². The summed E-state index contributed by atoms with van der Waals surface area (Å²) in [6, 6.07) is 18.7. The Hall–Kier alpha value is -3.69. The molecule has 0 saturated carbocycles. The van der Waals surface area contributed by atoms with E-state index in [0.717, 1.165) is 0 Å². The molecule has 2 aromatic carbocycles. The van der Waals surface area contributed by atoms with Gasteiger partial charge in [-0.05, 0) is 42.8 Å². The van der Waals surface area contributed by atoms with Crippen LogP contribution in [0.15, 0.2) is 77.8 Å². The van der Waals surface area contributed by atoms with Crippen molar-refractivity contribution < 1.29 is 27.4 Å². The van der Waals surface area contributed by atoms with E-state index in [4.69, 9.17) is 14.2 Å². The normalized spacial score (nSPS) is 17.5. The summed E-state index contributed by atoms with van der Waals surface area (Å²) in [6.45, 7) is 2.27. The van der Waals surface area contributed by atoms with E-state index in [1.807, 2.05) is 13.0 Å². The number of hydrogen-bond donors (Lipinski definition) is 0. The van der Waals surface area contributed by atoms with Crippen LogP contribution in [0.4, 0.5) is 0 Å². The molecule has 4 aromatic rings. The van der Waals surface area contributed by atoms with E-state index in [1.54, 1.807) is 66.9 Å². The number of aromatic nitrogens is 2. The van der Waals surface area contributed by atoms with Crippen molar-refractivity contribution in [2.75, 3.05) is 13.7 Å². The maximum absolute atomic E-state index is 14.0. The lowest BCUT2D eigenvalue weighted by atomic mass is 9.87. The molecule has 2 atom stereocenters. The maximum Gasteiger partial charge on any atom is 0.338 e. The van der Waals surface area contributed by atoms with Crippen LogP contribution in [0.1, 0.15) is 40.9 Å². The molecule has 0 N–H and O–H groups in total. The Bertz CT molecular complexity index is 1500. The van der Waals surface area contributed by atoms with Gasteiger partial charge >= 0.3 is 5.97 Å². The number of pyridine rings is 1. The number of carbonyl (C=O) groups is 1. The molecule has 1 aliphatic heterocycles. The zero-order chi connectivity index (χ0) is 24.6. The van der Waals surface area contributed by atoms with E-state index < -0.39 is 28.2 Å². The number of methoxy groups -OCH3 is 1. The Kier molecular flexibility index (Phi) is 6.04. The van der Waals surface area contributed by atoms with Gasteiger partial charge in [-0.1, -0.05) is 36.4 Å². The van der Waals surface area contributed by atoms with E-state index in [2.05, 4.69) is 4.98 Å². The van der Waals surface area contributed by atoms with Crippen LogP contribution in [0.25, 0.3) is 11.0 Å². The number of nitrogens with zero attached hydrogens (tertiary/aromatic N) is 2. The van der Waals surface area contributed by atoms with Gasteiger partial charge in [0.15, 0.2) is 11.4 Å². The molecule has 180 valence electrons. The predicted octanol–water partition coefficient (Wildman–Crippen LogP) is 4.34. The van der Waals surface area contributed by atoms with Gasteiger partial charge in [0.2, 0.25) is 6.29 Å². The molecular formula is C26H24N2O6S. The molecule has 5 rings (SSSR count). The van der Waals surface area contributed by atoms with Crippen LogP contribution in [0.3, 0.4) is 0 Å². The number of benzene rings is 2.